The summed E-state index contributed by atoms with van der Waals surface area (Å²) in [6, 6.07) is 5.72. The average Bonchev–Trinajstić information content (AvgIpc) is 2.70. The van der Waals surface area contributed by atoms with Crippen LogP contribution in [0.3, 0.4) is 0 Å². The Hall–Kier alpha value is -1.85. The molecule has 2 heterocycles. The predicted molar refractivity (Wildman–Crippen MR) is 65.6 cm³/mol. The summed E-state index contributed by atoms with van der Waals surface area (Å²) in [5.74, 6) is 0. The molecule has 6 heteroatoms. The van der Waals surface area contributed by atoms with Crippen LogP contribution in [0, 0.1) is 6.92 Å². The fourth-order valence-electron chi connectivity index (χ4n) is 1.87. The Morgan fingerprint density at radius 3 is 2.37 bits per heavy atom. The summed E-state index contributed by atoms with van der Waals surface area (Å²) >= 11 is 0. The van der Waals surface area contributed by atoms with Gasteiger partial charge in [-0.15, -0.1) is 0 Å². The number of pyridine rings is 1. The van der Waals surface area contributed by atoms with Gasteiger partial charge >= 0.3 is 6.18 Å². The molecule has 0 amide bonds. The van der Waals surface area contributed by atoms with Crippen molar-refractivity contribution in [2.45, 2.75) is 33.0 Å². The molecule has 0 saturated heterocycles. The molecule has 19 heavy (non-hydrogen) atoms. The van der Waals surface area contributed by atoms with Crippen molar-refractivity contribution >= 4 is 0 Å². The second-order valence-electron chi connectivity index (χ2n) is 4.62. The van der Waals surface area contributed by atoms with E-state index >= 15 is 0 Å². The van der Waals surface area contributed by atoms with Crippen molar-refractivity contribution in [3.8, 4) is 11.4 Å². The lowest BCUT2D eigenvalue weighted by molar-refractivity contribution is -0.141. The lowest BCUT2D eigenvalue weighted by atomic mass is 10.2. The highest BCUT2D eigenvalue weighted by Gasteiger charge is 2.32. The van der Waals surface area contributed by atoms with Crippen molar-refractivity contribution in [2.24, 2.45) is 0 Å². The first-order valence-electron chi connectivity index (χ1n) is 5.90. The molecule has 3 nitrogen and oxygen atoms in total. The Balaban J connectivity index is 2.45. The maximum Gasteiger partial charge on any atom is 0.433 e. The first-order valence-corrected chi connectivity index (χ1v) is 5.90. The Bertz CT molecular complexity index is 585. The fraction of sp³-hybridized carbons (Fsp3) is 0.385. The SMILES string of the molecule is Cc1cc(-c2cccc(C(F)(F)F)n2)nn1C(C)C. The van der Waals surface area contributed by atoms with Gasteiger partial charge in [-0.25, -0.2) is 4.98 Å². The van der Waals surface area contributed by atoms with Gasteiger partial charge in [-0.1, -0.05) is 6.07 Å². The highest BCUT2D eigenvalue weighted by atomic mass is 19.4. The van der Waals surface area contributed by atoms with Gasteiger partial charge < -0.3 is 0 Å². The number of rotatable bonds is 2. The van der Waals surface area contributed by atoms with E-state index in [2.05, 4.69) is 10.1 Å². The Morgan fingerprint density at radius 2 is 1.84 bits per heavy atom. The summed E-state index contributed by atoms with van der Waals surface area (Å²) in [6.07, 6.45) is -4.44. The zero-order valence-corrected chi connectivity index (χ0v) is 10.9. The first-order chi connectivity index (χ1) is 8.79. The molecule has 0 aliphatic carbocycles. The number of hydrogen-bond acceptors (Lipinski definition) is 2. The maximum absolute atomic E-state index is 12.6. The maximum atomic E-state index is 12.6. The monoisotopic (exact) mass is 269 g/mol. The van der Waals surface area contributed by atoms with Crippen LogP contribution in [0.2, 0.25) is 0 Å². The molecular weight excluding hydrogens is 255 g/mol. The van der Waals surface area contributed by atoms with Gasteiger partial charge in [-0.2, -0.15) is 18.3 Å². The highest BCUT2D eigenvalue weighted by Crippen LogP contribution is 2.29. The Labute approximate surface area is 109 Å². The lowest BCUT2D eigenvalue weighted by Gasteiger charge is -2.07. The second-order valence-corrected chi connectivity index (χ2v) is 4.62. The number of alkyl halides is 3. The van der Waals surface area contributed by atoms with E-state index in [1.807, 2.05) is 20.8 Å². The van der Waals surface area contributed by atoms with Crippen LogP contribution in [-0.4, -0.2) is 14.8 Å². The van der Waals surface area contributed by atoms with Crippen LogP contribution in [0.5, 0.6) is 0 Å². The van der Waals surface area contributed by atoms with Crippen LogP contribution >= 0.6 is 0 Å². The molecule has 0 atom stereocenters. The van der Waals surface area contributed by atoms with E-state index in [1.54, 1.807) is 10.7 Å². The van der Waals surface area contributed by atoms with E-state index < -0.39 is 11.9 Å². The zero-order valence-electron chi connectivity index (χ0n) is 10.9. The predicted octanol–water partition coefficient (Wildman–Crippen LogP) is 3.85. The van der Waals surface area contributed by atoms with Gasteiger partial charge in [-0.3, -0.25) is 4.68 Å². The number of aromatic nitrogens is 3. The molecule has 2 aromatic rings. The topological polar surface area (TPSA) is 30.7 Å². The van der Waals surface area contributed by atoms with Gasteiger partial charge in [0, 0.05) is 11.7 Å². The first kappa shape index (κ1) is 13.6. The van der Waals surface area contributed by atoms with Crippen molar-refractivity contribution in [3.63, 3.8) is 0 Å². The van der Waals surface area contributed by atoms with E-state index in [1.165, 1.54) is 12.1 Å². The summed E-state index contributed by atoms with van der Waals surface area (Å²) in [6.45, 7) is 5.79. The largest absolute Gasteiger partial charge is 0.433 e. The van der Waals surface area contributed by atoms with Gasteiger partial charge in [0.05, 0.1) is 5.69 Å². The third-order valence-electron chi connectivity index (χ3n) is 2.71. The molecule has 0 aliphatic heterocycles. The van der Waals surface area contributed by atoms with Crippen LogP contribution in [-0.2, 0) is 6.18 Å². The molecule has 0 aliphatic rings. The van der Waals surface area contributed by atoms with Crippen LogP contribution in [0.15, 0.2) is 24.3 Å². The summed E-state index contributed by atoms with van der Waals surface area (Å²) in [4.78, 5) is 3.63. The van der Waals surface area contributed by atoms with Crippen molar-refractivity contribution in [3.05, 3.63) is 35.7 Å². The van der Waals surface area contributed by atoms with E-state index in [-0.39, 0.29) is 11.7 Å². The molecular formula is C13H14F3N3. The summed E-state index contributed by atoms with van der Waals surface area (Å²) in [5, 5.41) is 4.29. The van der Waals surface area contributed by atoms with Gasteiger partial charge in [-0.05, 0) is 39.0 Å². The minimum absolute atomic E-state index is 0.152. The highest BCUT2D eigenvalue weighted by molar-refractivity contribution is 5.54. The Morgan fingerprint density at radius 1 is 1.16 bits per heavy atom. The van der Waals surface area contributed by atoms with Gasteiger partial charge in [0.1, 0.15) is 11.4 Å². The van der Waals surface area contributed by atoms with E-state index in [4.69, 9.17) is 0 Å². The molecule has 2 rings (SSSR count). The molecule has 0 unspecified atom stereocenters. The van der Waals surface area contributed by atoms with Crippen LogP contribution in [0.25, 0.3) is 11.4 Å². The molecule has 0 spiro atoms. The molecule has 0 aromatic carbocycles. The molecule has 102 valence electrons. The summed E-state index contributed by atoms with van der Waals surface area (Å²) in [5.41, 5.74) is 0.681. The third-order valence-corrected chi connectivity index (χ3v) is 2.71. The molecule has 2 aromatic heterocycles. The average molecular weight is 269 g/mol. The Kier molecular flexibility index (Phi) is 3.34. The van der Waals surface area contributed by atoms with Crippen LogP contribution in [0.1, 0.15) is 31.3 Å². The van der Waals surface area contributed by atoms with E-state index in [0.717, 1.165) is 11.8 Å². The normalized spacial score (nSPS) is 12.2. The minimum Gasteiger partial charge on any atom is -0.267 e. The van der Waals surface area contributed by atoms with Crippen LogP contribution in [0.4, 0.5) is 13.2 Å². The third kappa shape index (κ3) is 2.77. The smallest absolute Gasteiger partial charge is 0.267 e. The van der Waals surface area contributed by atoms with Gasteiger partial charge in [0.25, 0.3) is 0 Å². The number of halogens is 3. The second kappa shape index (κ2) is 4.68. The van der Waals surface area contributed by atoms with Crippen molar-refractivity contribution < 1.29 is 13.2 Å². The van der Waals surface area contributed by atoms with Crippen molar-refractivity contribution in [1.82, 2.24) is 14.8 Å². The molecule has 0 radical (unpaired) electrons. The van der Waals surface area contributed by atoms with Gasteiger partial charge in [0.15, 0.2) is 0 Å². The van der Waals surface area contributed by atoms with Crippen molar-refractivity contribution in [1.29, 1.82) is 0 Å². The zero-order chi connectivity index (χ0) is 14.2. The number of nitrogens with zero attached hydrogens (tertiary/aromatic N) is 3. The molecule has 0 saturated carbocycles. The minimum atomic E-state index is -4.44. The quantitative estimate of drug-likeness (QED) is 0.829. The van der Waals surface area contributed by atoms with Gasteiger partial charge in [0.2, 0.25) is 0 Å². The van der Waals surface area contributed by atoms with E-state index in [9.17, 15) is 13.2 Å². The van der Waals surface area contributed by atoms with Crippen molar-refractivity contribution in [2.75, 3.05) is 0 Å². The standard InChI is InChI=1S/C13H14F3N3/c1-8(2)19-9(3)7-11(18-19)10-5-4-6-12(17-10)13(14,15)16/h4-8H,1-3H3. The van der Waals surface area contributed by atoms with Crippen LogP contribution < -0.4 is 0 Å². The number of hydrogen-bond donors (Lipinski definition) is 0. The molecule has 0 fully saturated rings. The summed E-state index contributed by atoms with van der Waals surface area (Å²) < 4.78 is 39.6. The fourth-order valence-corrected chi connectivity index (χ4v) is 1.87. The number of aryl methyl sites for hydroxylation is 1. The summed E-state index contributed by atoms with van der Waals surface area (Å²) in [7, 11) is 0. The van der Waals surface area contributed by atoms with E-state index in [0.29, 0.717) is 5.69 Å². The lowest BCUT2D eigenvalue weighted by Crippen LogP contribution is -2.08. The molecule has 0 bridgehead atoms. The molecule has 0 N–H and O–H groups in total.